The maximum atomic E-state index is 12.2. The molecule has 2 rings (SSSR count). The van der Waals surface area contributed by atoms with E-state index in [2.05, 4.69) is 24.1 Å². The summed E-state index contributed by atoms with van der Waals surface area (Å²) >= 11 is 0. The SMILES string of the molecule is CC(C)CN(C(=O)CC1CCNC1)C1CC1. The first-order valence-corrected chi connectivity index (χ1v) is 6.67. The highest BCUT2D eigenvalue weighted by Crippen LogP contribution is 2.29. The van der Waals surface area contributed by atoms with Gasteiger partial charge in [0.25, 0.3) is 0 Å². The molecule has 1 N–H and O–H groups in total. The Morgan fingerprint density at radius 3 is 2.62 bits per heavy atom. The molecule has 3 nitrogen and oxygen atoms in total. The van der Waals surface area contributed by atoms with E-state index in [1.165, 1.54) is 19.3 Å². The summed E-state index contributed by atoms with van der Waals surface area (Å²) < 4.78 is 0. The number of carbonyl (C=O) groups is 1. The zero-order valence-corrected chi connectivity index (χ0v) is 10.5. The van der Waals surface area contributed by atoms with Crippen molar-refractivity contribution in [2.24, 2.45) is 11.8 Å². The van der Waals surface area contributed by atoms with Crippen LogP contribution in [0.1, 0.15) is 39.5 Å². The molecule has 92 valence electrons. The summed E-state index contributed by atoms with van der Waals surface area (Å²) in [5.74, 6) is 1.57. The van der Waals surface area contributed by atoms with Gasteiger partial charge >= 0.3 is 0 Å². The molecule has 3 heteroatoms. The van der Waals surface area contributed by atoms with Gasteiger partial charge < -0.3 is 10.2 Å². The molecule has 0 aromatic heterocycles. The molecule has 1 aliphatic heterocycles. The summed E-state index contributed by atoms with van der Waals surface area (Å²) in [6, 6.07) is 0.573. The van der Waals surface area contributed by atoms with E-state index in [-0.39, 0.29) is 0 Å². The highest BCUT2D eigenvalue weighted by molar-refractivity contribution is 5.77. The van der Waals surface area contributed by atoms with Crippen molar-refractivity contribution in [3.8, 4) is 0 Å². The summed E-state index contributed by atoms with van der Waals surface area (Å²) in [5, 5.41) is 3.33. The van der Waals surface area contributed by atoms with E-state index in [1.54, 1.807) is 0 Å². The topological polar surface area (TPSA) is 32.3 Å². The van der Waals surface area contributed by atoms with Crippen molar-refractivity contribution in [1.82, 2.24) is 10.2 Å². The average Bonchev–Trinajstić information content (AvgIpc) is 2.94. The van der Waals surface area contributed by atoms with Crippen LogP contribution in [0.15, 0.2) is 0 Å². The largest absolute Gasteiger partial charge is 0.339 e. The zero-order valence-electron chi connectivity index (χ0n) is 10.5. The van der Waals surface area contributed by atoms with Crippen LogP contribution < -0.4 is 5.32 Å². The summed E-state index contributed by atoms with van der Waals surface area (Å²) in [5.41, 5.74) is 0. The molecule has 16 heavy (non-hydrogen) atoms. The Balaban J connectivity index is 1.83. The average molecular weight is 224 g/mol. The molecule has 1 atom stereocenters. The molecule has 1 saturated carbocycles. The molecule has 0 spiro atoms. The van der Waals surface area contributed by atoms with Gasteiger partial charge in [0.1, 0.15) is 0 Å². The first-order valence-electron chi connectivity index (χ1n) is 6.67. The molecule has 1 unspecified atom stereocenters. The molecule has 0 bridgehead atoms. The standard InChI is InChI=1S/C13H24N2O/c1-10(2)9-15(12-3-4-12)13(16)7-11-5-6-14-8-11/h10-12,14H,3-9H2,1-2H3. The normalized spacial score (nSPS) is 25.1. The van der Waals surface area contributed by atoms with Gasteiger partial charge in [0.15, 0.2) is 0 Å². The smallest absolute Gasteiger partial charge is 0.223 e. The highest BCUT2D eigenvalue weighted by atomic mass is 16.2. The fourth-order valence-electron chi connectivity index (χ4n) is 2.49. The number of amides is 1. The van der Waals surface area contributed by atoms with Gasteiger partial charge in [0.2, 0.25) is 5.91 Å². The lowest BCUT2D eigenvalue weighted by molar-refractivity contribution is -0.133. The first kappa shape index (κ1) is 11.9. The monoisotopic (exact) mass is 224 g/mol. The van der Waals surface area contributed by atoms with Crippen molar-refractivity contribution < 1.29 is 4.79 Å². The molecule has 1 saturated heterocycles. The molecule has 0 aromatic carbocycles. The third kappa shape index (κ3) is 3.21. The number of carbonyl (C=O) groups excluding carboxylic acids is 1. The van der Waals surface area contributed by atoms with Crippen molar-refractivity contribution in [3.05, 3.63) is 0 Å². The van der Waals surface area contributed by atoms with Gasteiger partial charge in [-0.2, -0.15) is 0 Å². The minimum absolute atomic E-state index is 0.393. The molecular weight excluding hydrogens is 200 g/mol. The van der Waals surface area contributed by atoms with E-state index in [0.29, 0.717) is 23.8 Å². The van der Waals surface area contributed by atoms with Crippen LogP contribution in [0.3, 0.4) is 0 Å². The predicted octanol–water partition coefficient (Wildman–Crippen LogP) is 1.63. The second-order valence-electron chi connectivity index (χ2n) is 5.73. The van der Waals surface area contributed by atoms with Crippen LogP contribution in [0.4, 0.5) is 0 Å². The minimum atomic E-state index is 0.393. The summed E-state index contributed by atoms with van der Waals surface area (Å²) in [6.45, 7) is 7.46. The lowest BCUT2D eigenvalue weighted by Gasteiger charge is -2.25. The number of rotatable bonds is 5. The van der Waals surface area contributed by atoms with Crippen molar-refractivity contribution in [3.63, 3.8) is 0 Å². The molecule has 2 aliphatic rings. The molecule has 1 amide bonds. The molecular formula is C13H24N2O. The second kappa shape index (κ2) is 5.17. The molecule has 2 fully saturated rings. The summed E-state index contributed by atoms with van der Waals surface area (Å²) in [7, 11) is 0. The van der Waals surface area contributed by atoms with E-state index in [0.717, 1.165) is 26.1 Å². The van der Waals surface area contributed by atoms with Gasteiger partial charge in [0.05, 0.1) is 0 Å². The van der Waals surface area contributed by atoms with Crippen LogP contribution in [0.5, 0.6) is 0 Å². The Hall–Kier alpha value is -0.570. The van der Waals surface area contributed by atoms with E-state index in [9.17, 15) is 4.79 Å². The van der Waals surface area contributed by atoms with Crippen molar-refractivity contribution >= 4 is 5.91 Å². The summed E-state index contributed by atoms with van der Waals surface area (Å²) in [4.78, 5) is 14.4. The molecule has 1 aliphatic carbocycles. The number of nitrogens with zero attached hydrogens (tertiary/aromatic N) is 1. The van der Waals surface area contributed by atoms with E-state index in [1.807, 2.05) is 0 Å². The number of hydrogen-bond donors (Lipinski definition) is 1. The minimum Gasteiger partial charge on any atom is -0.339 e. The van der Waals surface area contributed by atoms with Crippen LogP contribution in [0.2, 0.25) is 0 Å². The fraction of sp³-hybridized carbons (Fsp3) is 0.923. The molecule has 0 aromatic rings. The Kier molecular flexibility index (Phi) is 3.85. The Morgan fingerprint density at radius 2 is 2.12 bits per heavy atom. The van der Waals surface area contributed by atoms with Crippen molar-refractivity contribution in [2.75, 3.05) is 19.6 Å². The maximum Gasteiger partial charge on any atom is 0.223 e. The third-order valence-corrected chi connectivity index (χ3v) is 3.50. The maximum absolute atomic E-state index is 12.2. The summed E-state index contributed by atoms with van der Waals surface area (Å²) in [6.07, 6.45) is 4.38. The fourth-order valence-corrected chi connectivity index (χ4v) is 2.49. The van der Waals surface area contributed by atoms with Gasteiger partial charge in [-0.05, 0) is 44.2 Å². The van der Waals surface area contributed by atoms with Crippen molar-refractivity contribution in [1.29, 1.82) is 0 Å². The highest BCUT2D eigenvalue weighted by Gasteiger charge is 2.33. The van der Waals surface area contributed by atoms with Gasteiger partial charge in [0, 0.05) is 19.0 Å². The van der Waals surface area contributed by atoms with Gasteiger partial charge in [-0.3, -0.25) is 4.79 Å². The van der Waals surface area contributed by atoms with Crippen LogP contribution in [-0.2, 0) is 4.79 Å². The third-order valence-electron chi connectivity index (χ3n) is 3.50. The van der Waals surface area contributed by atoms with Crippen LogP contribution in [0.25, 0.3) is 0 Å². The lowest BCUT2D eigenvalue weighted by Crippen LogP contribution is -2.37. The Morgan fingerprint density at radius 1 is 1.38 bits per heavy atom. The van der Waals surface area contributed by atoms with Gasteiger partial charge in [-0.1, -0.05) is 13.8 Å². The van der Waals surface area contributed by atoms with Crippen LogP contribution in [0, 0.1) is 11.8 Å². The van der Waals surface area contributed by atoms with Crippen LogP contribution >= 0.6 is 0 Å². The van der Waals surface area contributed by atoms with Gasteiger partial charge in [-0.15, -0.1) is 0 Å². The van der Waals surface area contributed by atoms with Gasteiger partial charge in [-0.25, -0.2) is 0 Å². The Labute approximate surface area is 98.6 Å². The Bertz CT molecular complexity index is 242. The van der Waals surface area contributed by atoms with Crippen molar-refractivity contribution in [2.45, 2.75) is 45.6 Å². The quantitative estimate of drug-likeness (QED) is 0.770. The molecule has 1 heterocycles. The van der Waals surface area contributed by atoms with E-state index < -0.39 is 0 Å². The van der Waals surface area contributed by atoms with E-state index >= 15 is 0 Å². The number of hydrogen-bond acceptors (Lipinski definition) is 2. The van der Waals surface area contributed by atoms with Crippen LogP contribution in [-0.4, -0.2) is 36.5 Å². The number of nitrogens with one attached hydrogen (secondary N) is 1. The predicted molar refractivity (Wildman–Crippen MR) is 65.2 cm³/mol. The second-order valence-corrected chi connectivity index (χ2v) is 5.73. The first-order chi connectivity index (χ1) is 7.66. The zero-order chi connectivity index (χ0) is 11.5. The lowest BCUT2D eigenvalue weighted by atomic mass is 10.0. The van der Waals surface area contributed by atoms with E-state index in [4.69, 9.17) is 0 Å². The molecule has 0 radical (unpaired) electrons.